The second-order valence-electron chi connectivity index (χ2n) is 1.77. The molecule has 0 saturated carbocycles. The lowest BCUT2D eigenvalue weighted by molar-refractivity contribution is 0.194. The van der Waals surface area contributed by atoms with Gasteiger partial charge in [-0.1, -0.05) is 81.2 Å². The lowest BCUT2D eigenvalue weighted by atomic mass is 10.5. The number of rotatable bonds is 3. The van der Waals surface area contributed by atoms with Crippen LogP contribution in [-0.2, 0) is 9.53 Å². The monoisotopic (exact) mass is 325 g/mol. The van der Waals surface area contributed by atoms with Crippen molar-refractivity contribution in [3.63, 3.8) is 0 Å². The number of carbonyl (C=O) groups excluding carboxylic acids is 1. The normalized spacial score (nSPS) is 14.1. The van der Waals surface area contributed by atoms with Gasteiger partial charge in [-0.05, 0) is 0 Å². The van der Waals surface area contributed by atoms with Gasteiger partial charge in [-0.15, -0.1) is 0 Å². The average molecular weight is 328 g/mol. The second-order valence-corrected chi connectivity index (χ2v) is 6.64. The summed E-state index contributed by atoms with van der Waals surface area (Å²) in [5, 5.41) is 0. The maximum absolute atomic E-state index is 9.83. The highest BCUT2D eigenvalue weighted by atomic mass is 35.6. The van der Waals surface area contributed by atoms with Gasteiger partial charge in [0.15, 0.2) is 0 Å². The zero-order valence-electron chi connectivity index (χ0n) is 5.46. The predicted molar refractivity (Wildman–Crippen MR) is 55.9 cm³/mol. The molecule has 0 heterocycles. The van der Waals surface area contributed by atoms with Crippen molar-refractivity contribution in [2.45, 2.75) is 12.6 Å². The van der Waals surface area contributed by atoms with E-state index >= 15 is 0 Å². The molecule has 0 amide bonds. The minimum Gasteiger partial charge on any atom is -0.417 e. The van der Waals surface area contributed by atoms with Gasteiger partial charge in [-0.25, -0.2) is 4.79 Å². The molecule has 0 aliphatic heterocycles. The van der Waals surface area contributed by atoms with E-state index in [1.54, 1.807) is 0 Å². The van der Waals surface area contributed by atoms with Crippen molar-refractivity contribution in [1.29, 1.82) is 0 Å². The standard InChI is InChI=1S/C4Cl7O2/c5-2(6,3(7,8)9)4(10,11)13-1-12. The first-order chi connectivity index (χ1) is 5.56. The molecule has 0 aliphatic carbocycles. The molecule has 13 heavy (non-hydrogen) atoms. The molecule has 0 unspecified atom stereocenters. The molecule has 77 valence electrons. The SMILES string of the molecule is O=[C]OC(Cl)(Cl)C(Cl)(Cl)C(Cl)(Cl)Cl. The van der Waals surface area contributed by atoms with Gasteiger partial charge in [0.1, 0.15) is 0 Å². The highest BCUT2D eigenvalue weighted by molar-refractivity contribution is 6.78. The molecule has 0 aliphatic rings. The summed E-state index contributed by atoms with van der Waals surface area (Å²) in [5.74, 6) is 0. The Balaban J connectivity index is 4.91. The van der Waals surface area contributed by atoms with E-state index in [1.165, 1.54) is 0 Å². The molecule has 0 fully saturated rings. The first kappa shape index (κ1) is 14.5. The van der Waals surface area contributed by atoms with E-state index in [9.17, 15) is 4.79 Å². The topological polar surface area (TPSA) is 26.3 Å². The Hall–Kier alpha value is 1.50. The number of hydrogen-bond acceptors (Lipinski definition) is 2. The Labute approximate surface area is 109 Å². The molecular formula is C4Cl7O2. The molecule has 1 radical (unpaired) electrons. The molecule has 9 heteroatoms. The second kappa shape index (κ2) is 4.56. The van der Waals surface area contributed by atoms with Crippen LogP contribution >= 0.6 is 81.2 Å². The molecule has 0 aromatic carbocycles. The van der Waals surface area contributed by atoms with E-state index < -0.39 is 12.6 Å². The van der Waals surface area contributed by atoms with Gasteiger partial charge < -0.3 is 4.74 Å². The molecule has 0 aromatic rings. The highest BCUT2D eigenvalue weighted by Gasteiger charge is 2.62. The Kier molecular flexibility index (Phi) is 5.09. The average Bonchev–Trinajstić information content (AvgIpc) is 1.84. The highest BCUT2D eigenvalue weighted by Crippen LogP contribution is 2.56. The van der Waals surface area contributed by atoms with Gasteiger partial charge in [0, 0.05) is 0 Å². The summed E-state index contributed by atoms with van der Waals surface area (Å²) in [6.45, 7) is 0.927. The van der Waals surface area contributed by atoms with Gasteiger partial charge in [0.25, 0.3) is 4.52 Å². The fraction of sp³-hybridized carbons (Fsp3) is 0.750. The van der Waals surface area contributed by atoms with Crippen LogP contribution in [0.5, 0.6) is 0 Å². The third kappa shape index (κ3) is 3.23. The van der Waals surface area contributed by atoms with Crippen LogP contribution in [0.2, 0.25) is 0 Å². The minimum absolute atomic E-state index is 0.927. The summed E-state index contributed by atoms with van der Waals surface area (Å²) < 4.78 is -2.95. The molecule has 0 bridgehead atoms. The maximum atomic E-state index is 9.83. The van der Waals surface area contributed by atoms with E-state index in [-0.39, 0.29) is 0 Å². The van der Waals surface area contributed by atoms with E-state index in [2.05, 4.69) is 4.74 Å². The van der Waals surface area contributed by atoms with Crippen molar-refractivity contribution in [2.75, 3.05) is 0 Å². The van der Waals surface area contributed by atoms with Crippen LogP contribution in [0.25, 0.3) is 0 Å². The molecule has 0 rings (SSSR count). The molecule has 0 spiro atoms. The Morgan fingerprint density at radius 3 is 1.54 bits per heavy atom. The van der Waals surface area contributed by atoms with Crippen LogP contribution in [-0.4, -0.2) is 19.1 Å². The number of hydrogen-bond donors (Lipinski definition) is 0. The minimum atomic E-state index is -2.41. The summed E-state index contributed by atoms with van der Waals surface area (Å²) in [6, 6.07) is 0. The van der Waals surface area contributed by atoms with Crippen LogP contribution in [0.15, 0.2) is 0 Å². The van der Waals surface area contributed by atoms with E-state index in [0.29, 0.717) is 0 Å². The Bertz CT molecular complexity index is 195. The van der Waals surface area contributed by atoms with E-state index in [0.717, 1.165) is 6.47 Å². The van der Waals surface area contributed by atoms with Crippen LogP contribution in [0.1, 0.15) is 0 Å². The zero-order valence-corrected chi connectivity index (χ0v) is 10.8. The first-order valence-corrected chi connectivity index (χ1v) is 5.08. The predicted octanol–water partition coefficient (Wildman–Crippen LogP) is 3.75. The van der Waals surface area contributed by atoms with Gasteiger partial charge >= 0.3 is 6.47 Å². The summed E-state index contributed by atoms with van der Waals surface area (Å²) in [5.41, 5.74) is 0. The van der Waals surface area contributed by atoms with Crippen LogP contribution < -0.4 is 0 Å². The van der Waals surface area contributed by atoms with E-state index in [1.807, 2.05) is 0 Å². The maximum Gasteiger partial charge on any atom is 0.420 e. The third-order valence-corrected chi connectivity index (χ3v) is 4.53. The largest absolute Gasteiger partial charge is 0.420 e. The summed E-state index contributed by atoms with van der Waals surface area (Å²) >= 11 is 37.7. The van der Waals surface area contributed by atoms with Crippen LogP contribution in [0.4, 0.5) is 0 Å². The molecular weight excluding hydrogens is 328 g/mol. The summed E-state index contributed by atoms with van der Waals surface area (Å²) in [4.78, 5) is 9.83. The zero-order chi connectivity index (χ0) is 10.9. The summed E-state index contributed by atoms with van der Waals surface area (Å²) in [7, 11) is 0. The number of alkyl halides is 7. The van der Waals surface area contributed by atoms with Gasteiger partial charge in [0.2, 0.25) is 8.13 Å². The van der Waals surface area contributed by atoms with Gasteiger partial charge in [0.05, 0.1) is 0 Å². The van der Waals surface area contributed by atoms with Crippen molar-refractivity contribution >= 4 is 87.7 Å². The van der Waals surface area contributed by atoms with Crippen molar-refractivity contribution in [2.24, 2.45) is 0 Å². The molecule has 2 nitrogen and oxygen atoms in total. The Morgan fingerprint density at radius 2 is 1.31 bits per heavy atom. The van der Waals surface area contributed by atoms with Gasteiger partial charge in [-0.2, -0.15) is 0 Å². The quantitative estimate of drug-likeness (QED) is 0.738. The lowest BCUT2D eigenvalue weighted by Gasteiger charge is -2.34. The van der Waals surface area contributed by atoms with E-state index in [4.69, 9.17) is 81.2 Å². The van der Waals surface area contributed by atoms with Crippen molar-refractivity contribution < 1.29 is 9.53 Å². The fourth-order valence-electron chi connectivity index (χ4n) is 0.281. The van der Waals surface area contributed by atoms with Gasteiger partial charge in [-0.3, -0.25) is 0 Å². The van der Waals surface area contributed by atoms with Crippen molar-refractivity contribution in [3.05, 3.63) is 0 Å². The van der Waals surface area contributed by atoms with Crippen LogP contribution in [0, 0.1) is 0 Å². The lowest BCUT2D eigenvalue weighted by Crippen LogP contribution is -2.48. The first-order valence-electron chi connectivity index (χ1n) is 2.44. The van der Waals surface area contributed by atoms with Crippen molar-refractivity contribution in [3.8, 4) is 0 Å². The molecule has 0 aromatic heterocycles. The third-order valence-electron chi connectivity index (χ3n) is 0.891. The Morgan fingerprint density at radius 1 is 0.923 bits per heavy atom. The summed E-state index contributed by atoms with van der Waals surface area (Å²) in [6.07, 6.45) is 0. The number of ether oxygens (including phenoxy) is 1. The number of halogens is 7. The molecule has 0 saturated heterocycles. The fourth-order valence-corrected chi connectivity index (χ4v) is 1.39. The van der Waals surface area contributed by atoms with Crippen LogP contribution in [0.3, 0.4) is 0 Å². The molecule has 0 atom stereocenters. The molecule has 0 N–H and O–H groups in total. The van der Waals surface area contributed by atoms with Crippen molar-refractivity contribution in [1.82, 2.24) is 0 Å². The smallest absolute Gasteiger partial charge is 0.417 e.